The van der Waals surface area contributed by atoms with Crippen LogP contribution in [-0.2, 0) is 13.0 Å². The maximum atomic E-state index is 4.77. The second-order valence-electron chi connectivity index (χ2n) is 6.17. The van der Waals surface area contributed by atoms with Gasteiger partial charge in [-0.2, -0.15) is 0 Å². The Bertz CT molecular complexity index is 668. The number of anilines is 1. The maximum Gasteiger partial charge on any atom is 0.191 e. The minimum absolute atomic E-state index is 0. The molecule has 2 N–H and O–H groups in total. The Morgan fingerprint density at radius 1 is 1.19 bits per heavy atom. The van der Waals surface area contributed by atoms with Crippen molar-refractivity contribution < 1.29 is 0 Å². The molecule has 26 heavy (non-hydrogen) atoms. The number of thiazole rings is 1. The molecule has 2 heterocycles. The zero-order chi connectivity index (χ0) is 17.3. The highest BCUT2D eigenvalue weighted by molar-refractivity contribution is 14.0. The number of aromatic nitrogens is 1. The number of halogens is 1. The molecule has 1 aliphatic heterocycles. The SMILES string of the molecule is CCNC(=NCc1ccccc1)NCCc1csc(N2CCCC2)n1.I. The molecule has 0 spiro atoms. The van der Waals surface area contributed by atoms with Gasteiger partial charge in [-0.25, -0.2) is 9.98 Å². The first-order valence-electron chi connectivity index (χ1n) is 9.10. The molecule has 1 saturated heterocycles. The van der Waals surface area contributed by atoms with E-state index in [1.165, 1.54) is 29.2 Å². The van der Waals surface area contributed by atoms with Gasteiger partial charge in [-0.15, -0.1) is 35.3 Å². The van der Waals surface area contributed by atoms with Crippen molar-refractivity contribution in [2.45, 2.75) is 32.7 Å². The Kier molecular flexibility index (Phi) is 9.17. The van der Waals surface area contributed by atoms with Crippen LogP contribution in [0.15, 0.2) is 40.7 Å². The molecule has 0 radical (unpaired) electrons. The quantitative estimate of drug-likeness (QED) is 0.357. The summed E-state index contributed by atoms with van der Waals surface area (Å²) in [7, 11) is 0. The fourth-order valence-electron chi connectivity index (χ4n) is 2.87. The first kappa shape index (κ1) is 21.0. The Hall–Kier alpha value is -1.35. The van der Waals surface area contributed by atoms with E-state index >= 15 is 0 Å². The summed E-state index contributed by atoms with van der Waals surface area (Å²) >= 11 is 1.76. The van der Waals surface area contributed by atoms with Gasteiger partial charge in [0.25, 0.3) is 0 Å². The molecule has 2 aromatic rings. The molecule has 0 atom stereocenters. The van der Waals surface area contributed by atoms with Crippen LogP contribution >= 0.6 is 35.3 Å². The molecule has 0 bridgehead atoms. The third-order valence-corrected chi connectivity index (χ3v) is 5.15. The summed E-state index contributed by atoms with van der Waals surface area (Å²) in [6, 6.07) is 10.3. The van der Waals surface area contributed by atoms with Gasteiger partial charge in [0, 0.05) is 38.0 Å². The van der Waals surface area contributed by atoms with Crippen LogP contribution in [0.1, 0.15) is 31.0 Å². The Morgan fingerprint density at radius 3 is 2.69 bits per heavy atom. The molecule has 0 aliphatic carbocycles. The molecule has 1 aromatic heterocycles. The van der Waals surface area contributed by atoms with Crippen LogP contribution in [0.3, 0.4) is 0 Å². The highest BCUT2D eigenvalue weighted by Gasteiger charge is 2.15. The van der Waals surface area contributed by atoms with Gasteiger partial charge in [0.2, 0.25) is 0 Å². The van der Waals surface area contributed by atoms with Crippen molar-refractivity contribution in [2.24, 2.45) is 4.99 Å². The zero-order valence-corrected chi connectivity index (χ0v) is 18.4. The van der Waals surface area contributed by atoms with Crippen molar-refractivity contribution in [2.75, 3.05) is 31.1 Å². The topological polar surface area (TPSA) is 52.6 Å². The van der Waals surface area contributed by atoms with Crippen molar-refractivity contribution in [3.63, 3.8) is 0 Å². The van der Waals surface area contributed by atoms with E-state index in [-0.39, 0.29) is 24.0 Å². The van der Waals surface area contributed by atoms with E-state index in [1.54, 1.807) is 11.3 Å². The second kappa shape index (κ2) is 11.4. The molecule has 0 unspecified atom stereocenters. The summed E-state index contributed by atoms with van der Waals surface area (Å²) in [5.41, 5.74) is 2.38. The van der Waals surface area contributed by atoms with E-state index in [0.717, 1.165) is 38.6 Å². The van der Waals surface area contributed by atoms with Gasteiger partial charge in [0.05, 0.1) is 12.2 Å². The van der Waals surface area contributed by atoms with Crippen LogP contribution in [0, 0.1) is 0 Å². The highest BCUT2D eigenvalue weighted by Crippen LogP contribution is 2.24. The van der Waals surface area contributed by atoms with E-state index in [0.29, 0.717) is 6.54 Å². The van der Waals surface area contributed by atoms with Crippen LogP contribution < -0.4 is 15.5 Å². The van der Waals surface area contributed by atoms with Crippen molar-refractivity contribution in [1.82, 2.24) is 15.6 Å². The van der Waals surface area contributed by atoms with Crippen LogP contribution in [0.25, 0.3) is 0 Å². The number of nitrogens with one attached hydrogen (secondary N) is 2. The zero-order valence-electron chi connectivity index (χ0n) is 15.3. The minimum atomic E-state index is 0. The summed E-state index contributed by atoms with van der Waals surface area (Å²) in [5, 5.41) is 10.1. The number of rotatable bonds is 7. The van der Waals surface area contributed by atoms with Gasteiger partial charge in [0.1, 0.15) is 0 Å². The van der Waals surface area contributed by atoms with Gasteiger partial charge in [-0.1, -0.05) is 30.3 Å². The van der Waals surface area contributed by atoms with Gasteiger partial charge < -0.3 is 15.5 Å². The standard InChI is InChI=1S/C19H27N5S.HI/c1-2-20-18(22-14-16-8-4-3-5-9-16)21-11-10-17-15-25-19(23-17)24-12-6-7-13-24;/h3-5,8-9,15H,2,6-7,10-14H2,1H3,(H2,20,21,22);1H. The molecule has 1 aliphatic rings. The number of guanidine groups is 1. The van der Waals surface area contributed by atoms with Crippen molar-refractivity contribution in [3.8, 4) is 0 Å². The molecular formula is C19H28IN5S. The molecule has 7 heteroatoms. The van der Waals surface area contributed by atoms with Crippen molar-refractivity contribution in [3.05, 3.63) is 47.0 Å². The Morgan fingerprint density at radius 2 is 1.96 bits per heavy atom. The third-order valence-electron chi connectivity index (χ3n) is 4.20. The van der Waals surface area contributed by atoms with E-state index in [4.69, 9.17) is 4.98 Å². The van der Waals surface area contributed by atoms with E-state index in [1.807, 2.05) is 18.2 Å². The van der Waals surface area contributed by atoms with Gasteiger partial charge in [0.15, 0.2) is 11.1 Å². The number of hydrogen-bond donors (Lipinski definition) is 2. The predicted octanol–water partition coefficient (Wildman–Crippen LogP) is 3.66. The van der Waals surface area contributed by atoms with Gasteiger partial charge in [-0.3, -0.25) is 0 Å². The molecule has 0 saturated carbocycles. The molecule has 3 rings (SSSR count). The molecular weight excluding hydrogens is 457 g/mol. The molecule has 1 aromatic carbocycles. The third kappa shape index (κ3) is 6.42. The minimum Gasteiger partial charge on any atom is -0.357 e. The molecule has 0 amide bonds. The average molecular weight is 485 g/mol. The van der Waals surface area contributed by atoms with Crippen molar-refractivity contribution >= 4 is 46.4 Å². The average Bonchev–Trinajstić information content (AvgIpc) is 3.32. The van der Waals surface area contributed by atoms with E-state index in [9.17, 15) is 0 Å². The number of benzene rings is 1. The van der Waals surface area contributed by atoms with Crippen LogP contribution in [0.5, 0.6) is 0 Å². The highest BCUT2D eigenvalue weighted by atomic mass is 127. The first-order chi connectivity index (χ1) is 12.3. The number of nitrogens with zero attached hydrogens (tertiary/aromatic N) is 3. The summed E-state index contributed by atoms with van der Waals surface area (Å²) < 4.78 is 0. The van der Waals surface area contributed by atoms with Crippen LogP contribution in [-0.4, -0.2) is 37.1 Å². The lowest BCUT2D eigenvalue weighted by molar-refractivity contribution is 0.789. The first-order valence-corrected chi connectivity index (χ1v) is 9.98. The molecule has 142 valence electrons. The Labute approximate surface area is 177 Å². The van der Waals surface area contributed by atoms with E-state index < -0.39 is 0 Å². The summed E-state index contributed by atoms with van der Waals surface area (Å²) in [6.45, 7) is 6.78. The fourth-order valence-corrected chi connectivity index (χ4v) is 3.78. The fraction of sp³-hybridized carbons (Fsp3) is 0.474. The summed E-state index contributed by atoms with van der Waals surface area (Å²) in [5.74, 6) is 0.862. The largest absolute Gasteiger partial charge is 0.357 e. The van der Waals surface area contributed by atoms with E-state index in [2.05, 4.69) is 45.0 Å². The molecule has 1 fully saturated rings. The normalized spacial score (nSPS) is 14.2. The molecule has 5 nitrogen and oxygen atoms in total. The monoisotopic (exact) mass is 485 g/mol. The van der Waals surface area contributed by atoms with Crippen LogP contribution in [0.4, 0.5) is 5.13 Å². The van der Waals surface area contributed by atoms with Gasteiger partial charge >= 0.3 is 0 Å². The summed E-state index contributed by atoms with van der Waals surface area (Å²) in [4.78, 5) is 11.8. The van der Waals surface area contributed by atoms with Crippen molar-refractivity contribution in [1.29, 1.82) is 0 Å². The second-order valence-corrected chi connectivity index (χ2v) is 7.01. The maximum absolute atomic E-state index is 4.77. The summed E-state index contributed by atoms with van der Waals surface area (Å²) in [6.07, 6.45) is 3.50. The smallest absolute Gasteiger partial charge is 0.191 e. The van der Waals surface area contributed by atoms with Gasteiger partial charge in [-0.05, 0) is 25.3 Å². The number of hydrogen-bond acceptors (Lipinski definition) is 4. The Balaban J connectivity index is 0.00000243. The number of aliphatic imine (C=N–C) groups is 1. The predicted molar refractivity (Wildman–Crippen MR) is 122 cm³/mol. The lowest BCUT2D eigenvalue weighted by atomic mass is 10.2. The lowest BCUT2D eigenvalue weighted by Gasteiger charge is -2.12. The van der Waals surface area contributed by atoms with Crippen LogP contribution in [0.2, 0.25) is 0 Å². The lowest BCUT2D eigenvalue weighted by Crippen LogP contribution is -2.38.